The second kappa shape index (κ2) is 9.23. The molecule has 172 valence electrons. The summed E-state index contributed by atoms with van der Waals surface area (Å²) in [6, 6.07) is 15.7. The molecule has 0 unspecified atom stereocenters. The van der Waals surface area contributed by atoms with Crippen molar-refractivity contribution in [3.8, 4) is 0 Å². The molecule has 0 spiro atoms. The molecule has 1 aromatic heterocycles. The zero-order valence-electron chi connectivity index (χ0n) is 18.7. The molecule has 5 rings (SSSR count). The molecule has 2 fully saturated rings. The molecule has 3 aromatic rings. The van der Waals surface area contributed by atoms with Gasteiger partial charge in [0.25, 0.3) is 5.91 Å². The van der Waals surface area contributed by atoms with Crippen LogP contribution in [0.5, 0.6) is 0 Å². The zero-order chi connectivity index (χ0) is 22.8. The van der Waals surface area contributed by atoms with Crippen LogP contribution in [0.25, 0.3) is 11.0 Å². The average molecular weight is 447 g/mol. The van der Waals surface area contributed by atoms with Crippen molar-refractivity contribution in [2.45, 2.75) is 31.8 Å². The number of primary amides is 1. The highest BCUT2D eigenvalue weighted by atomic mass is 16.2. The number of H-pyrrole nitrogens is 1. The van der Waals surface area contributed by atoms with E-state index in [0.29, 0.717) is 24.2 Å². The van der Waals surface area contributed by atoms with Crippen molar-refractivity contribution >= 4 is 28.8 Å². The first-order valence-electron chi connectivity index (χ1n) is 11.7. The lowest BCUT2D eigenvalue weighted by molar-refractivity contribution is -0.135. The molecule has 0 saturated carbocycles. The van der Waals surface area contributed by atoms with E-state index in [0.717, 1.165) is 56.9 Å². The fourth-order valence-electron chi connectivity index (χ4n) is 5.04. The number of carbonyl (C=O) groups is 2. The van der Waals surface area contributed by atoms with E-state index in [4.69, 9.17) is 5.73 Å². The number of hydrogen-bond acceptors (Lipinski definition) is 5. The normalized spacial score (nSPS) is 19.7. The number of nitrogens with zero attached hydrogens (tertiary/aromatic N) is 4. The van der Waals surface area contributed by atoms with Gasteiger partial charge in [-0.1, -0.05) is 36.4 Å². The first-order valence-corrected chi connectivity index (χ1v) is 11.7. The fourth-order valence-corrected chi connectivity index (χ4v) is 5.04. The Morgan fingerprint density at radius 3 is 2.64 bits per heavy atom. The Morgan fingerprint density at radius 2 is 1.82 bits per heavy atom. The Balaban J connectivity index is 1.26. The van der Waals surface area contributed by atoms with Crippen LogP contribution in [0, 0.1) is 0 Å². The number of likely N-dealkylation sites (tertiary alicyclic amines) is 1. The van der Waals surface area contributed by atoms with Crippen molar-refractivity contribution in [3.63, 3.8) is 0 Å². The maximum Gasteiger partial charge on any atom is 0.250 e. The van der Waals surface area contributed by atoms with Gasteiger partial charge in [0.1, 0.15) is 5.52 Å². The van der Waals surface area contributed by atoms with Crippen LogP contribution < -0.4 is 10.6 Å². The molecule has 1 atom stereocenters. The number of para-hydroxylation sites is 1. The number of nitrogens with two attached hydrogens (primary N) is 1. The third-order valence-electron chi connectivity index (χ3n) is 6.75. The quantitative estimate of drug-likeness (QED) is 0.627. The Morgan fingerprint density at radius 1 is 0.970 bits per heavy atom. The van der Waals surface area contributed by atoms with E-state index in [1.54, 1.807) is 12.1 Å². The van der Waals surface area contributed by atoms with Crippen LogP contribution in [0.1, 0.15) is 35.2 Å². The van der Waals surface area contributed by atoms with E-state index >= 15 is 0 Å². The number of imidazole rings is 1. The molecule has 0 bridgehead atoms. The van der Waals surface area contributed by atoms with E-state index in [1.807, 2.05) is 17.0 Å². The highest BCUT2D eigenvalue weighted by molar-refractivity contribution is 6.04. The van der Waals surface area contributed by atoms with Crippen LogP contribution in [0.15, 0.2) is 48.5 Å². The molecule has 2 aliphatic heterocycles. The average Bonchev–Trinajstić information content (AvgIpc) is 3.39. The third-order valence-corrected chi connectivity index (χ3v) is 6.75. The van der Waals surface area contributed by atoms with Crippen molar-refractivity contribution in [1.29, 1.82) is 0 Å². The summed E-state index contributed by atoms with van der Waals surface area (Å²) in [4.78, 5) is 39.7. The molecule has 2 saturated heterocycles. The van der Waals surface area contributed by atoms with Gasteiger partial charge < -0.3 is 20.5 Å². The molecule has 8 heteroatoms. The largest absolute Gasteiger partial charge is 0.366 e. The third kappa shape index (κ3) is 4.43. The number of nitrogens with one attached hydrogen (secondary N) is 1. The van der Waals surface area contributed by atoms with Crippen LogP contribution in [0.2, 0.25) is 0 Å². The minimum absolute atomic E-state index is 0.0407. The monoisotopic (exact) mass is 446 g/mol. The number of anilines is 1. The molecule has 3 N–H and O–H groups in total. The summed E-state index contributed by atoms with van der Waals surface area (Å²) in [5, 5.41) is 0. The molecule has 2 amide bonds. The topological polar surface area (TPSA) is 98.6 Å². The summed E-state index contributed by atoms with van der Waals surface area (Å²) in [6.45, 7) is 4.69. The van der Waals surface area contributed by atoms with E-state index < -0.39 is 5.91 Å². The summed E-state index contributed by atoms with van der Waals surface area (Å²) in [6.07, 6.45) is 2.85. The van der Waals surface area contributed by atoms with E-state index in [1.165, 1.54) is 5.56 Å². The highest BCUT2D eigenvalue weighted by Crippen LogP contribution is 2.24. The molecular weight excluding hydrogens is 416 g/mol. The van der Waals surface area contributed by atoms with Gasteiger partial charge >= 0.3 is 0 Å². The smallest absolute Gasteiger partial charge is 0.250 e. The first-order chi connectivity index (χ1) is 16.1. The Hall–Kier alpha value is -3.39. The van der Waals surface area contributed by atoms with E-state index in [2.05, 4.69) is 44.0 Å². The zero-order valence-corrected chi connectivity index (χ0v) is 18.7. The molecule has 2 aliphatic rings. The summed E-state index contributed by atoms with van der Waals surface area (Å²) in [5.74, 6) is 0.480. The van der Waals surface area contributed by atoms with Gasteiger partial charge in [-0.15, -0.1) is 0 Å². The van der Waals surface area contributed by atoms with Gasteiger partial charge in [0.05, 0.1) is 17.1 Å². The summed E-state index contributed by atoms with van der Waals surface area (Å²) in [7, 11) is 0. The van der Waals surface area contributed by atoms with Gasteiger partial charge in [-0.25, -0.2) is 4.98 Å². The van der Waals surface area contributed by atoms with Crippen molar-refractivity contribution in [3.05, 3.63) is 59.7 Å². The predicted octanol–water partition coefficient (Wildman–Crippen LogP) is 2.37. The lowest BCUT2D eigenvalue weighted by Gasteiger charge is -2.29. The number of carbonyl (C=O) groups excluding carboxylic acids is 2. The molecular formula is C25H30N6O2. The van der Waals surface area contributed by atoms with E-state index in [9.17, 15) is 9.59 Å². The minimum Gasteiger partial charge on any atom is -0.366 e. The van der Waals surface area contributed by atoms with Crippen molar-refractivity contribution < 1.29 is 9.59 Å². The number of amides is 2. The summed E-state index contributed by atoms with van der Waals surface area (Å²) >= 11 is 0. The van der Waals surface area contributed by atoms with Gasteiger partial charge in [-0.2, -0.15) is 0 Å². The SMILES string of the molecule is NC(=O)c1cccc2[nH]c(N3CCCN(C(=O)[C@@H]4CCCN4Cc4ccccc4)CC3)nc12. The lowest BCUT2D eigenvalue weighted by atomic mass is 10.1. The maximum absolute atomic E-state index is 13.4. The standard InChI is InChI=1S/C25H30N6O2/c26-23(32)19-9-4-10-20-22(19)28-25(27-20)30-14-6-13-29(15-16-30)24(33)21-11-5-12-31(21)17-18-7-2-1-3-8-18/h1-4,7-10,21H,5-6,11-17H2,(H2,26,32)(H,27,28)/t21-/m0/s1. The Labute approximate surface area is 193 Å². The van der Waals surface area contributed by atoms with Gasteiger partial charge in [-0.3, -0.25) is 14.5 Å². The van der Waals surface area contributed by atoms with Crippen LogP contribution in [0.3, 0.4) is 0 Å². The van der Waals surface area contributed by atoms with Crippen LogP contribution in [-0.4, -0.2) is 70.3 Å². The van der Waals surface area contributed by atoms with Crippen LogP contribution in [0.4, 0.5) is 5.95 Å². The van der Waals surface area contributed by atoms with Crippen molar-refractivity contribution in [1.82, 2.24) is 19.8 Å². The Kier molecular flexibility index (Phi) is 6.00. The van der Waals surface area contributed by atoms with Crippen LogP contribution in [-0.2, 0) is 11.3 Å². The number of benzene rings is 2. The predicted molar refractivity (Wildman–Crippen MR) is 128 cm³/mol. The molecule has 0 aliphatic carbocycles. The van der Waals surface area contributed by atoms with Gasteiger partial charge in [-0.05, 0) is 43.5 Å². The van der Waals surface area contributed by atoms with Gasteiger partial charge in [0.2, 0.25) is 11.9 Å². The van der Waals surface area contributed by atoms with Crippen molar-refractivity contribution in [2.75, 3.05) is 37.6 Å². The van der Waals surface area contributed by atoms with Gasteiger partial charge in [0, 0.05) is 32.7 Å². The number of hydrogen-bond donors (Lipinski definition) is 2. The minimum atomic E-state index is -0.483. The first kappa shape index (κ1) is 21.5. The Bertz CT molecular complexity index is 1140. The van der Waals surface area contributed by atoms with Gasteiger partial charge in [0.15, 0.2) is 0 Å². The number of fused-ring (bicyclic) bond motifs is 1. The molecule has 2 aromatic carbocycles. The molecule has 3 heterocycles. The molecule has 0 radical (unpaired) electrons. The summed E-state index contributed by atoms with van der Waals surface area (Å²) < 4.78 is 0. The second-order valence-electron chi connectivity index (χ2n) is 8.91. The molecule has 8 nitrogen and oxygen atoms in total. The number of rotatable bonds is 5. The summed E-state index contributed by atoms with van der Waals surface area (Å²) in [5.41, 5.74) is 8.57. The molecule has 33 heavy (non-hydrogen) atoms. The number of aromatic nitrogens is 2. The fraction of sp³-hybridized carbons (Fsp3) is 0.400. The maximum atomic E-state index is 13.4. The van der Waals surface area contributed by atoms with Crippen molar-refractivity contribution in [2.24, 2.45) is 5.73 Å². The second-order valence-corrected chi connectivity index (χ2v) is 8.91. The lowest BCUT2D eigenvalue weighted by Crippen LogP contribution is -2.46. The van der Waals surface area contributed by atoms with Crippen LogP contribution >= 0.6 is 0 Å². The van der Waals surface area contributed by atoms with E-state index in [-0.39, 0.29) is 11.9 Å². The highest BCUT2D eigenvalue weighted by Gasteiger charge is 2.34. The number of aromatic amines is 1.